The second kappa shape index (κ2) is 6.19. The van der Waals surface area contributed by atoms with Crippen LogP contribution in [0.5, 0.6) is 0 Å². The molecule has 0 aliphatic carbocycles. The van der Waals surface area contributed by atoms with Crippen LogP contribution < -0.4 is 5.32 Å². The van der Waals surface area contributed by atoms with E-state index in [1.165, 1.54) is 16.2 Å². The van der Waals surface area contributed by atoms with Crippen molar-refractivity contribution in [2.45, 2.75) is 25.9 Å². The number of nitrogens with one attached hydrogen (secondary N) is 1. The van der Waals surface area contributed by atoms with Crippen LogP contribution in [0.4, 0.5) is 4.79 Å². The summed E-state index contributed by atoms with van der Waals surface area (Å²) in [4.78, 5) is 27.9. The van der Waals surface area contributed by atoms with E-state index in [4.69, 9.17) is 5.11 Å². The molecule has 0 bridgehead atoms. The monoisotopic (exact) mass is 257 g/mol. The van der Waals surface area contributed by atoms with Gasteiger partial charge in [-0.25, -0.2) is 14.6 Å². The summed E-state index contributed by atoms with van der Waals surface area (Å²) >= 11 is 1.45. The lowest BCUT2D eigenvalue weighted by atomic mass is 10.2. The van der Waals surface area contributed by atoms with Crippen molar-refractivity contribution in [1.82, 2.24) is 15.2 Å². The number of carboxylic acid groups (broad SMARTS) is 1. The Morgan fingerprint density at radius 3 is 2.82 bits per heavy atom. The molecule has 7 heteroatoms. The molecule has 1 aromatic heterocycles. The average Bonchev–Trinajstić information content (AvgIpc) is 2.77. The molecule has 17 heavy (non-hydrogen) atoms. The van der Waals surface area contributed by atoms with Gasteiger partial charge in [0.05, 0.1) is 17.7 Å². The Kier molecular flexibility index (Phi) is 4.89. The van der Waals surface area contributed by atoms with E-state index >= 15 is 0 Å². The molecule has 0 aliphatic heterocycles. The van der Waals surface area contributed by atoms with Crippen molar-refractivity contribution in [3.05, 3.63) is 16.6 Å². The van der Waals surface area contributed by atoms with E-state index in [1.54, 1.807) is 19.5 Å². The van der Waals surface area contributed by atoms with Gasteiger partial charge in [-0.05, 0) is 6.42 Å². The summed E-state index contributed by atoms with van der Waals surface area (Å²) in [6.45, 7) is 2.07. The summed E-state index contributed by atoms with van der Waals surface area (Å²) in [5.41, 5.74) is 2.48. The summed E-state index contributed by atoms with van der Waals surface area (Å²) in [5.74, 6) is -1.03. The number of nitrogens with zero attached hydrogens (tertiary/aromatic N) is 2. The zero-order valence-corrected chi connectivity index (χ0v) is 10.5. The molecule has 1 rings (SSSR count). The number of urea groups is 1. The molecule has 0 saturated heterocycles. The molecule has 2 N–H and O–H groups in total. The lowest BCUT2D eigenvalue weighted by Gasteiger charge is -2.19. The minimum absolute atomic E-state index is 0.353. The van der Waals surface area contributed by atoms with Crippen molar-refractivity contribution in [3.8, 4) is 0 Å². The van der Waals surface area contributed by atoms with Gasteiger partial charge in [0, 0.05) is 12.4 Å². The summed E-state index contributed by atoms with van der Waals surface area (Å²) in [6.07, 6.45) is 0.353. The molecule has 94 valence electrons. The molecule has 0 saturated carbocycles. The van der Waals surface area contributed by atoms with Crippen LogP contribution in [0.3, 0.4) is 0 Å². The molecule has 0 unspecified atom stereocenters. The van der Waals surface area contributed by atoms with E-state index in [0.29, 0.717) is 13.0 Å². The van der Waals surface area contributed by atoms with E-state index < -0.39 is 18.0 Å². The van der Waals surface area contributed by atoms with Crippen LogP contribution >= 0.6 is 11.3 Å². The van der Waals surface area contributed by atoms with Gasteiger partial charge in [-0.3, -0.25) is 0 Å². The van der Waals surface area contributed by atoms with Crippen LogP contribution in [0.1, 0.15) is 19.0 Å². The van der Waals surface area contributed by atoms with Crippen LogP contribution in [-0.4, -0.2) is 40.1 Å². The second-order valence-electron chi connectivity index (χ2n) is 3.58. The highest BCUT2D eigenvalue weighted by Crippen LogP contribution is 2.04. The highest BCUT2D eigenvalue weighted by Gasteiger charge is 2.19. The van der Waals surface area contributed by atoms with Crippen molar-refractivity contribution in [1.29, 1.82) is 0 Å². The number of thiazole rings is 1. The normalized spacial score (nSPS) is 11.9. The van der Waals surface area contributed by atoms with Crippen LogP contribution in [0.25, 0.3) is 0 Å². The number of carbonyl (C=O) groups excluding carboxylic acids is 1. The van der Waals surface area contributed by atoms with Gasteiger partial charge in [0.1, 0.15) is 6.04 Å². The molecular weight excluding hydrogens is 242 g/mol. The van der Waals surface area contributed by atoms with Gasteiger partial charge in [0.15, 0.2) is 0 Å². The zero-order chi connectivity index (χ0) is 12.8. The Balaban J connectivity index is 2.49. The standard InChI is InChI=1S/C10H15N3O3S/c1-3-8(9(14)15)12-10(16)13(2)4-7-5-17-6-11-7/h5-6,8H,3-4H2,1-2H3,(H,12,16)(H,14,15)/t8-/m0/s1. The molecular formula is C10H15N3O3S. The van der Waals surface area contributed by atoms with Crippen molar-refractivity contribution in [2.24, 2.45) is 0 Å². The molecule has 1 atom stereocenters. The Labute approximate surface area is 103 Å². The smallest absolute Gasteiger partial charge is 0.326 e. The van der Waals surface area contributed by atoms with E-state index in [0.717, 1.165) is 5.69 Å². The number of rotatable bonds is 5. The molecule has 0 aliphatic rings. The Hall–Kier alpha value is -1.63. The minimum Gasteiger partial charge on any atom is -0.480 e. The Morgan fingerprint density at radius 2 is 2.35 bits per heavy atom. The predicted octanol–water partition coefficient (Wildman–Crippen LogP) is 1.15. The number of aliphatic carboxylic acids is 1. The summed E-state index contributed by atoms with van der Waals surface area (Å²) in [5, 5.41) is 13.1. The zero-order valence-electron chi connectivity index (χ0n) is 9.71. The number of carboxylic acids is 1. The largest absolute Gasteiger partial charge is 0.480 e. The lowest BCUT2D eigenvalue weighted by molar-refractivity contribution is -0.139. The van der Waals surface area contributed by atoms with E-state index in [1.807, 2.05) is 5.38 Å². The molecule has 1 heterocycles. The van der Waals surface area contributed by atoms with Crippen LogP contribution in [-0.2, 0) is 11.3 Å². The fourth-order valence-corrected chi connectivity index (χ4v) is 1.78. The fraction of sp³-hybridized carbons (Fsp3) is 0.500. The number of aromatic nitrogens is 1. The van der Waals surface area contributed by atoms with E-state index in [9.17, 15) is 9.59 Å². The van der Waals surface area contributed by atoms with Crippen LogP contribution in [0.15, 0.2) is 10.9 Å². The van der Waals surface area contributed by atoms with E-state index in [2.05, 4.69) is 10.3 Å². The lowest BCUT2D eigenvalue weighted by Crippen LogP contribution is -2.46. The van der Waals surface area contributed by atoms with Crippen LogP contribution in [0, 0.1) is 0 Å². The number of hydrogen-bond acceptors (Lipinski definition) is 4. The van der Waals surface area contributed by atoms with Gasteiger partial charge < -0.3 is 15.3 Å². The first-order chi connectivity index (χ1) is 8.04. The molecule has 0 spiro atoms. The van der Waals surface area contributed by atoms with E-state index in [-0.39, 0.29) is 0 Å². The topological polar surface area (TPSA) is 82.5 Å². The number of hydrogen-bond donors (Lipinski definition) is 2. The second-order valence-corrected chi connectivity index (χ2v) is 4.30. The average molecular weight is 257 g/mol. The predicted molar refractivity (Wildman–Crippen MR) is 63.8 cm³/mol. The Bertz CT molecular complexity index is 380. The van der Waals surface area contributed by atoms with Gasteiger partial charge >= 0.3 is 12.0 Å². The quantitative estimate of drug-likeness (QED) is 0.829. The summed E-state index contributed by atoms with van der Waals surface area (Å²) in [6, 6.07) is -1.26. The van der Waals surface area contributed by atoms with Crippen molar-refractivity contribution in [2.75, 3.05) is 7.05 Å². The first-order valence-electron chi connectivity index (χ1n) is 5.16. The maximum atomic E-state index is 11.7. The third kappa shape index (κ3) is 4.03. The molecule has 2 amide bonds. The fourth-order valence-electron chi connectivity index (χ4n) is 1.23. The molecule has 0 fully saturated rings. The summed E-state index contributed by atoms with van der Waals surface area (Å²) < 4.78 is 0. The number of carbonyl (C=O) groups is 2. The molecule has 0 radical (unpaired) electrons. The van der Waals surface area contributed by atoms with Gasteiger partial charge in [-0.1, -0.05) is 6.92 Å². The van der Waals surface area contributed by atoms with Gasteiger partial charge in [0.25, 0.3) is 0 Å². The molecule has 6 nitrogen and oxygen atoms in total. The third-order valence-corrected chi connectivity index (χ3v) is 2.87. The summed E-state index contributed by atoms with van der Waals surface area (Å²) in [7, 11) is 1.60. The Morgan fingerprint density at radius 1 is 1.65 bits per heavy atom. The third-order valence-electron chi connectivity index (χ3n) is 2.23. The first-order valence-corrected chi connectivity index (χ1v) is 6.10. The molecule has 1 aromatic rings. The van der Waals surface area contributed by atoms with Gasteiger partial charge in [-0.2, -0.15) is 0 Å². The first kappa shape index (κ1) is 13.4. The van der Waals surface area contributed by atoms with Crippen molar-refractivity contribution < 1.29 is 14.7 Å². The maximum Gasteiger partial charge on any atom is 0.326 e. The van der Waals surface area contributed by atoms with Gasteiger partial charge in [-0.15, -0.1) is 11.3 Å². The number of amides is 2. The minimum atomic E-state index is -1.03. The highest BCUT2D eigenvalue weighted by atomic mass is 32.1. The van der Waals surface area contributed by atoms with Gasteiger partial charge in [0.2, 0.25) is 0 Å². The van der Waals surface area contributed by atoms with Crippen molar-refractivity contribution >= 4 is 23.3 Å². The van der Waals surface area contributed by atoms with Crippen LogP contribution in [0.2, 0.25) is 0 Å². The maximum absolute atomic E-state index is 11.7. The van der Waals surface area contributed by atoms with Crippen molar-refractivity contribution in [3.63, 3.8) is 0 Å². The highest BCUT2D eigenvalue weighted by molar-refractivity contribution is 7.07. The molecule has 0 aromatic carbocycles. The SMILES string of the molecule is CC[C@H](NC(=O)N(C)Cc1cscn1)C(=O)O.